The van der Waals surface area contributed by atoms with Gasteiger partial charge in [-0.05, 0) is 78.7 Å². The molecule has 0 spiro atoms. The van der Waals surface area contributed by atoms with Gasteiger partial charge in [0, 0.05) is 24.7 Å². The Hall–Kier alpha value is -2.02. The molecule has 0 N–H and O–H groups in total. The lowest BCUT2D eigenvalue weighted by atomic mass is 9.63. The van der Waals surface area contributed by atoms with Crippen LogP contribution >= 0.6 is 0 Å². The monoisotopic (exact) mass is 471 g/mol. The second-order valence-electron chi connectivity index (χ2n) is 11.7. The maximum absolute atomic E-state index is 4.07. The number of hydrogen-bond acceptors (Lipinski definition) is 1. The first-order chi connectivity index (χ1) is 17.0. The molecule has 35 heavy (non-hydrogen) atoms. The zero-order valence-corrected chi connectivity index (χ0v) is 23.0. The average molecular weight is 472 g/mol. The van der Waals surface area contributed by atoms with Crippen LogP contribution in [0.15, 0.2) is 43.0 Å². The van der Waals surface area contributed by atoms with E-state index < -0.39 is 0 Å². The molecule has 4 rings (SSSR count). The summed E-state index contributed by atoms with van der Waals surface area (Å²) in [4.78, 5) is 2.80. The van der Waals surface area contributed by atoms with Crippen LogP contribution in [0.4, 0.5) is 5.69 Å². The van der Waals surface area contributed by atoms with Gasteiger partial charge in [-0.2, -0.15) is 0 Å². The van der Waals surface area contributed by atoms with E-state index in [1.807, 2.05) is 6.08 Å². The number of aryl methyl sites for hydroxylation is 3. The van der Waals surface area contributed by atoms with Gasteiger partial charge in [0.25, 0.3) is 0 Å². The summed E-state index contributed by atoms with van der Waals surface area (Å²) < 4.78 is 0. The molecule has 1 heteroatoms. The third-order valence-corrected chi connectivity index (χ3v) is 9.02. The highest BCUT2D eigenvalue weighted by Crippen LogP contribution is 2.45. The zero-order chi connectivity index (χ0) is 24.8. The van der Waals surface area contributed by atoms with Gasteiger partial charge in [0.15, 0.2) is 0 Å². The number of benzene rings is 2. The summed E-state index contributed by atoms with van der Waals surface area (Å²) >= 11 is 0. The molecule has 1 aliphatic carbocycles. The summed E-state index contributed by atoms with van der Waals surface area (Å²) in [6, 6.07) is 14.3. The van der Waals surface area contributed by atoms with Gasteiger partial charge in [0.1, 0.15) is 0 Å². The van der Waals surface area contributed by atoms with E-state index in [4.69, 9.17) is 0 Å². The highest BCUT2D eigenvalue weighted by atomic mass is 15.1. The Balaban J connectivity index is 1.59. The molecule has 0 radical (unpaired) electrons. The van der Waals surface area contributed by atoms with E-state index in [2.05, 4.69) is 75.6 Å². The molecule has 0 amide bonds. The largest absolute Gasteiger partial charge is 0.370 e. The molecule has 4 atom stereocenters. The van der Waals surface area contributed by atoms with E-state index in [0.29, 0.717) is 5.92 Å². The first kappa shape index (κ1) is 26.1. The Bertz CT molecular complexity index is 973. The SMILES string of the molecule is C=Cc1ccc2c(c1)N(CC1C(C)CC1CCCCCC)CC(c1ccc(C)cc1CCC)CC2. The minimum atomic E-state index is 0.607. The van der Waals surface area contributed by atoms with Gasteiger partial charge in [0.2, 0.25) is 0 Å². The van der Waals surface area contributed by atoms with E-state index >= 15 is 0 Å². The number of hydrogen-bond donors (Lipinski definition) is 0. The van der Waals surface area contributed by atoms with Crippen LogP contribution < -0.4 is 4.90 Å². The lowest BCUT2D eigenvalue weighted by Gasteiger charge is -2.46. The van der Waals surface area contributed by atoms with Crippen LogP contribution in [0.3, 0.4) is 0 Å². The van der Waals surface area contributed by atoms with Crippen molar-refractivity contribution >= 4 is 11.8 Å². The quantitative estimate of drug-likeness (QED) is 0.295. The molecule has 2 aromatic rings. The minimum absolute atomic E-state index is 0.607. The first-order valence-corrected chi connectivity index (χ1v) is 14.6. The van der Waals surface area contributed by atoms with Gasteiger partial charge in [-0.25, -0.2) is 0 Å². The van der Waals surface area contributed by atoms with Crippen molar-refractivity contribution in [2.75, 3.05) is 18.0 Å². The number of rotatable bonds is 11. The Morgan fingerprint density at radius 2 is 1.89 bits per heavy atom. The lowest BCUT2D eigenvalue weighted by Crippen LogP contribution is -2.44. The van der Waals surface area contributed by atoms with Gasteiger partial charge in [-0.15, -0.1) is 0 Å². The smallest absolute Gasteiger partial charge is 0.0405 e. The summed E-state index contributed by atoms with van der Waals surface area (Å²) in [7, 11) is 0. The minimum Gasteiger partial charge on any atom is -0.370 e. The second kappa shape index (κ2) is 12.3. The van der Waals surface area contributed by atoms with Crippen molar-refractivity contribution in [2.45, 2.75) is 97.8 Å². The summed E-state index contributed by atoms with van der Waals surface area (Å²) in [6.45, 7) is 15.8. The lowest BCUT2D eigenvalue weighted by molar-refractivity contribution is 0.0808. The maximum Gasteiger partial charge on any atom is 0.0405 e. The van der Waals surface area contributed by atoms with E-state index in [-0.39, 0.29) is 0 Å². The van der Waals surface area contributed by atoms with Gasteiger partial charge < -0.3 is 4.90 Å². The van der Waals surface area contributed by atoms with Crippen LogP contribution in [0, 0.1) is 24.7 Å². The molecule has 1 saturated carbocycles. The molecule has 1 fully saturated rings. The molecular weight excluding hydrogens is 422 g/mol. The molecule has 0 saturated heterocycles. The van der Waals surface area contributed by atoms with Crippen molar-refractivity contribution in [3.8, 4) is 0 Å². The highest BCUT2D eigenvalue weighted by molar-refractivity contribution is 5.63. The van der Waals surface area contributed by atoms with Crippen molar-refractivity contribution in [2.24, 2.45) is 17.8 Å². The van der Waals surface area contributed by atoms with Crippen molar-refractivity contribution < 1.29 is 0 Å². The number of anilines is 1. The molecule has 1 nitrogen and oxygen atoms in total. The topological polar surface area (TPSA) is 3.24 Å². The number of unbranched alkanes of at least 4 members (excludes halogenated alkanes) is 3. The van der Waals surface area contributed by atoms with Crippen molar-refractivity contribution in [1.29, 1.82) is 0 Å². The van der Waals surface area contributed by atoms with Gasteiger partial charge >= 0.3 is 0 Å². The Morgan fingerprint density at radius 3 is 2.63 bits per heavy atom. The van der Waals surface area contributed by atoms with E-state index in [1.165, 1.54) is 93.1 Å². The van der Waals surface area contributed by atoms with Gasteiger partial charge in [0.05, 0.1) is 0 Å². The molecule has 0 aromatic heterocycles. The third kappa shape index (κ3) is 6.22. The molecular formula is C34H49N. The predicted molar refractivity (Wildman–Crippen MR) is 155 cm³/mol. The summed E-state index contributed by atoms with van der Waals surface area (Å²) in [6.07, 6.45) is 15.3. The van der Waals surface area contributed by atoms with Crippen LogP contribution in [0.25, 0.3) is 6.08 Å². The van der Waals surface area contributed by atoms with Crippen LogP contribution in [0.1, 0.15) is 106 Å². The summed E-state index contributed by atoms with van der Waals surface area (Å²) in [5.41, 5.74) is 8.87. The Labute approximate surface area is 216 Å². The molecule has 1 aliphatic heterocycles. The standard InChI is InChI=1S/C34H49N/c1-6-9-10-11-13-30-21-26(5)33(30)24-35-23-31(32-19-14-25(4)20-29(32)12-7-2)18-17-28-16-15-27(8-3)22-34(28)35/h8,14-16,19-20,22,26,30-31,33H,3,6-7,9-13,17-18,21,23-24H2,1-2,4-5H3. The average Bonchev–Trinajstić information content (AvgIpc) is 3.04. The van der Waals surface area contributed by atoms with Gasteiger partial charge in [-0.3, -0.25) is 0 Å². The fraction of sp³-hybridized carbons (Fsp3) is 0.588. The maximum atomic E-state index is 4.07. The van der Waals surface area contributed by atoms with Crippen molar-refractivity contribution in [1.82, 2.24) is 0 Å². The van der Waals surface area contributed by atoms with Crippen LogP contribution in [-0.4, -0.2) is 13.1 Å². The Kier molecular flexibility index (Phi) is 9.15. The fourth-order valence-corrected chi connectivity index (χ4v) is 6.89. The summed E-state index contributed by atoms with van der Waals surface area (Å²) in [5.74, 6) is 3.22. The molecule has 190 valence electrons. The summed E-state index contributed by atoms with van der Waals surface area (Å²) in [5, 5.41) is 0. The highest BCUT2D eigenvalue weighted by Gasteiger charge is 2.39. The van der Waals surface area contributed by atoms with E-state index in [9.17, 15) is 0 Å². The first-order valence-electron chi connectivity index (χ1n) is 14.6. The van der Waals surface area contributed by atoms with Crippen LogP contribution in [0.2, 0.25) is 0 Å². The van der Waals surface area contributed by atoms with Crippen LogP contribution in [0.5, 0.6) is 0 Å². The number of nitrogens with zero attached hydrogens (tertiary/aromatic N) is 1. The predicted octanol–water partition coefficient (Wildman–Crippen LogP) is 9.37. The second-order valence-corrected chi connectivity index (χ2v) is 11.7. The normalized spacial score (nSPS) is 23.9. The zero-order valence-electron chi connectivity index (χ0n) is 23.0. The molecule has 2 aliphatic rings. The molecule has 2 aromatic carbocycles. The van der Waals surface area contributed by atoms with E-state index in [0.717, 1.165) is 24.3 Å². The molecule has 4 unspecified atom stereocenters. The number of fused-ring (bicyclic) bond motifs is 1. The third-order valence-electron chi connectivity index (χ3n) is 9.02. The molecule has 1 heterocycles. The molecule has 0 bridgehead atoms. The van der Waals surface area contributed by atoms with Gasteiger partial charge in [-0.1, -0.05) is 108 Å². The Morgan fingerprint density at radius 1 is 1.03 bits per heavy atom. The van der Waals surface area contributed by atoms with Crippen molar-refractivity contribution in [3.05, 3.63) is 70.8 Å². The van der Waals surface area contributed by atoms with E-state index in [1.54, 1.807) is 11.1 Å². The van der Waals surface area contributed by atoms with Crippen molar-refractivity contribution in [3.63, 3.8) is 0 Å². The fourth-order valence-electron chi connectivity index (χ4n) is 6.89. The van der Waals surface area contributed by atoms with Crippen LogP contribution in [-0.2, 0) is 12.8 Å².